The van der Waals surface area contributed by atoms with E-state index in [2.05, 4.69) is 5.32 Å². The van der Waals surface area contributed by atoms with E-state index in [1.807, 2.05) is 13.0 Å². The molecule has 1 aliphatic heterocycles. The van der Waals surface area contributed by atoms with Crippen LogP contribution in [0.4, 0.5) is 4.39 Å². The van der Waals surface area contributed by atoms with E-state index >= 15 is 0 Å². The van der Waals surface area contributed by atoms with Crippen molar-refractivity contribution in [3.05, 3.63) is 35.1 Å². The Kier molecular flexibility index (Phi) is 6.12. The summed E-state index contributed by atoms with van der Waals surface area (Å²) in [6.07, 6.45) is 3.10. The molecule has 21 heavy (non-hydrogen) atoms. The Morgan fingerprint density at radius 1 is 1.52 bits per heavy atom. The molecule has 114 valence electrons. The third kappa shape index (κ3) is 4.78. The van der Waals surface area contributed by atoms with Gasteiger partial charge in [-0.2, -0.15) is 5.26 Å². The van der Waals surface area contributed by atoms with E-state index in [9.17, 15) is 4.39 Å². The number of halogens is 1. The molecule has 1 saturated heterocycles. The van der Waals surface area contributed by atoms with Crippen molar-refractivity contribution in [2.45, 2.75) is 38.5 Å². The van der Waals surface area contributed by atoms with Crippen LogP contribution < -0.4 is 5.32 Å². The summed E-state index contributed by atoms with van der Waals surface area (Å²) in [6.45, 7) is 3.82. The Labute approximate surface area is 124 Å². The van der Waals surface area contributed by atoms with Crippen molar-refractivity contribution in [1.29, 1.82) is 5.26 Å². The number of ether oxygens (including phenoxy) is 2. The van der Waals surface area contributed by atoms with Gasteiger partial charge >= 0.3 is 0 Å². The zero-order valence-corrected chi connectivity index (χ0v) is 12.3. The molecule has 2 rings (SSSR count). The highest BCUT2D eigenvalue weighted by molar-refractivity contribution is 5.34. The van der Waals surface area contributed by atoms with Gasteiger partial charge in [0, 0.05) is 24.8 Å². The first kappa shape index (κ1) is 15.9. The lowest BCUT2D eigenvalue weighted by Crippen LogP contribution is -2.28. The van der Waals surface area contributed by atoms with E-state index < -0.39 is 0 Å². The summed E-state index contributed by atoms with van der Waals surface area (Å²) in [5.41, 5.74) is 0.893. The standard InChI is InChI=1S/C16H21FN2O2/c1-12(14-6-5-13(11-18)10-15(14)17)19-7-9-21-16-4-2-3-8-20-16/h5-6,10,12,16,19H,2-4,7-9H2,1H3/t12-,16-/m0/s1. The summed E-state index contributed by atoms with van der Waals surface area (Å²) >= 11 is 0. The molecule has 1 fully saturated rings. The van der Waals surface area contributed by atoms with E-state index in [4.69, 9.17) is 14.7 Å². The molecule has 2 atom stereocenters. The van der Waals surface area contributed by atoms with Gasteiger partial charge in [-0.15, -0.1) is 0 Å². The molecule has 0 amide bonds. The highest BCUT2D eigenvalue weighted by Crippen LogP contribution is 2.18. The maximum atomic E-state index is 13.8. The fraction of sp³-hybridized carbons (Fsp3) is 0.562. The van der Waals surface area contributed by atoms with Crippen molar-refractivity contribution >= 4 is 0 Å². The first-order chi connectivity index (χ1) is 10.2. The van der Waals surface area contributed by atoms with Crippen molar-refractivity contribution in [2.24, 2.45) is 0 Å². The van der Waals surface area contributed by atoms with Crippen LogP contribution in [0.5, 0.6) is 0 Å². The van der Waals surface area contributed by atoms with E-state index in [-0.39, 0.29) is 18.1 Å². The molecule has 0 unspecified atom stereocenters. The average molecular weight is 292 g/mol. The predicted octanol–water partition coefficient (Wildman–Crippen LogP) is 2.89. The van der Waals surface area contributed by atoms with Gasteiger partial charge < -0.3 is 14.8 Å². The minimum Gasteiger partial charge on any atom is -0.353 e. The van der Waals surface area contributed by atoms with E-state index in [0.717, 1.165) is 25.9 Å². The third-order valence-corrected chi connectivity index (χ3v) is 3.59. The molecule has 1 N–H and O–H groups in total. The van der Waals surface area contributed by atoms with Crippen LogP contribution in [0.15, 0.2) is 18.2 Å². The second-order valence-corrected chi connectivity index (χ2v) is 5.19. The number of hydrogen-bond acceptors (Lipinski definition) is 4. The normalized spacial score (nSPS) is 20.0. The van der Waals surface area contributed by atoms with Gasteiger partial charge in [0.25, 0.3) is 0 Å². The lowest BCUT2D eigenvalue weighted by atomic mass is 10.1. The second-order valence-electron chi connectivity index (χ2n) is 5.19. The van der Waals surface area contributed by atoms with Gasteiger partial charge in [0.1, 0.15) is 5.82 Å². The maximum absolute atomic E-state index is 13.8. The van der Waals surface area contributed by atoms with Crippen LogP contribution in [-0.2, 0) is 9.47 Å². The number of rotatable bonds is 6. The molecule has 0 saturated carbocycles. The van der Waals surface area contributed by atoms with Crippen LogP contribution in [-0.4, -0.2) is 26.0 Å². The molecular formula is C16H21FN2O2. The summed E-state index contributed by atoms with van der Waals surface area (Å²) < 4.78 is 24.9. The second kappa shape index (κ2) is 8.08. The molecule has 0 aromatic heterocycles. The van der Waals surface area contributed by atoms with Gasteiger partial charge in [-0.3, -0.25) is 0 Å². The highest BCUT2D eigenvalue weighted by atomic mass is 19.1. The van der Waals surface area contributed by atoms with E-state index in [0.29, 0.717) is 24.3 Å². The largest absolute Gasteiger partial charge is 0.353 e. The van der Waals surface area contributed by atoms with Crippen molar-refractivity contribution < 1.29 is 13.9 Å². The fourth-order valence-corrected chi connectivity index (χ4v) is 2.37. The predicted molar refractivity (Wildman–Crippen MR) is 77.1 cm³/mol. The summed E-state index contributed by atoms with van der Waals surface area (Å²) in [5.74, 6) is -0.356. The highest BCUT2D eigenvalue weighted by Gasteiger charge is 2.14. The topological polar surface area (TPSA) is 54.3 Å². The molecule has 0 bridgehead atoms. The molecular weight excluding hydrogens is 271 g/mol. The summed E-state index contributed by atoms with van der Waals surface area (Å²) in [7, 11) is 0. The van der Waals surface area contributed by atoms with Gasteiger partial charge in [0.05, 0.1) is 18.2 Å². The van der Waals surface area contributed by atoms with Gasteiger partial charge in [0.2, 0.25) is 0 Å². The molecule has 1 heterocycles. The maximum Gasteiger partial charge on any atom is 0.157 e. The Bertz CT molecular complexity index is 496. The molecule has 1 aromatic rings. The summed E-state index contributed by atoms with van der Waals surface area (Å²) in [6, 6.07) is 6.34. The molecule has 0 radical (unpaired) electrons. The van der Waals surface area contributed by atoms with Gasteiger partial charge in [-0.05, 0) is 38.3 Å². The van der Waals surface area contributed by atoms with Crippen LogP contribution in [0.1, 0.15) is 43.4 Å². The fourth-order valence-electron chi connectivity index (χ4n) is 2.37. The van der Waals surface area contributed by atoms with Gasteiger partial charge in [-0.1, -0.05) is 6.07 Å². The number of nitrogens with one attached hydrogen (secondary N) is 1. The Morgan fingerprint density at radius 3 is 3.05 bits per heavy atom. The number of benzene rings is 1. The average Bonchev–Trinajstić information content (AvgIpc) is 2.52. The van der Waals surface area contributed by atoms with Crippen molar-refractivity contribution in [1.82, 2.24) is 5.32 Å². The monoisotopic (exact) mass is 292 g/mol. The van der Waals surface area contributed by atoms with Crippen LogP contribution in [0, 0.1) is 17.1 Å². The Balaban J connectivity index is 1.74. The molecule has 0 spiro atoms. The summed E-state index contributed by atoms with van der Waals surface area (Å²) in [5, 5.41) is 11.9. The zero-order chi connectivity index (χ0) is 15.1. The number of hydrogen-bond donors (Lipinski definition) is 1. The SMILES string of the molecule is C[C@H](NCCO[C@H]1CCCCO1)c1ccc(C#N)cc1F. The molecule has 5 heteroatoms. The number of nitriles is 1. The van der Waals surface area contributed by atoms with Gasteiger partial charge in [0.15, 0.2) is 6.29 Å². The van der Waals surface area contributed by atoms with Crippen molar-refractivity contribution in [2.75, 3.05) is 19.8 Å². The molecule has 4 nitrogen and oxygen atoms in total. The van der Waals surface area contributed by atoms with Crippen LogP contribution in [0.25, 0.3) is 0 Å². The zero-order valence-electron chi connectivity index (χ0n) is 12.3. The van der Waals surface area contributed by atoms with Crippen LogP contribution in [0.3, 0.4) is 0 Å². The Hall–Kier alpha value is -1.48. The van der Waals surface area contributed by atoms with E-state index in [1.165, 1.54) is 6.07 Å². The van der Waals surface area contributed by atoms with Crippen molar-refractivity contribution in [3.8, 4) is 6.07 Å². The molecule has 1 aliphatic rings. The van der Waals surface area contributed by atoms with Crippen LogP contribution >= 0.6 is 0 Å². The minimum absolute atomic E-state index is 0.0949. The number of nitrogens with zero attached hydrogens (tertiary/aromatic N) is 1. The van der Waals surface area contributed by atoms with Crippen LogP contribution in [0.2, 0.25) is 0 Å². The van der Waals surface area contributed by atoms with E-state index in [1.54, 1.807) is 12.1 Å². The first-order valence-electron chi connectivity index (χ1n) is 7.37. The lowest BCUT2D eigenvalue weighted by molar-refractivity contribution is -0.161. The first-order valence-corrected chi connectivity index (χ1v) is 7.37. The minimum atomic E-state index is -0.356. The molecule has 1 aromatic carbocycles. The van der Waals surface area contributed by atoms with Gasteiger partial charge in [-0.25, -0.2) is 4.39 Å². The Morgan fingerprint density at radius 2 is 2.38 bits per heavy atom. The summed E-state index contributed by atoms with van der Waals surface area (Å²) in [4.78, 5) is 0. The molecule has 0 aliphatic carbocycles. The van der Waals surface area contributed by atoms with Crippen molar-refractivity contribution in [3.63, 3.8) is 0 Å². The smallest absolute Gasteiger partial charge is 0.157 e. The lowest BCUT2D eigenvalue weighted by Gasteiger charge is -2.23. The third-order valence-electron chi connectivity index (χ3n) is 3.59. The quantitative estimate of drug-likeness (QED) is 0.819.